The van der Waals surface area contributed by atoms with Gasteiger partial charge in [-0.15, -0.1) is 11.8 Å². The van der Waals surface area contributed by atoms with Gasteiger partial charge in [0.1, 0.15) is 10.6 Å². The highest BCUT2D eigenvalue weighted by molar-refractivity contribution is 7.99. The standard InChI is InChI=1S/C25H27N5O4S2/c1-3-14-35-20-10-13-22-23(15-20)28-24(27-22)29-25(31)30-26-16-18-6-8-19(9-7-18)34-36(32,33)21-11-4-17(2)5-12-21/h4-13,15-16,24,27-28H,3,14H2,1-2H3,(H2,29,30,31). The molecule has 4 rings (SSSR count). The van der Waals surface area contributed by atoms with Gasteiger partial charge in [0.2, 0.25) is 0 Å². The van der Waals surface area contributed by atoms with Gasteiger partial charge in [0, 0.05) is 4.90 Å². The van der Waals surface area contributed by atoms with Crippen LogP contribution in [0.4, 0.5) is 16.2 Å². The molecule has 3 aromatic rings. The van der Waals surface area contributed by atoms with E-state index >= 15 is 0 Å². The first-order chi connectivity index (χ1) is 17.3. The molecule has 0 fully saturated rings. The van der Waals surface area contributed by atoms with Gasteiger partial charge >= 0.3 is 16.1 Å². The monoisotopic (exact) mass is 525 g/mol. The molecule has 0 spiro atoms. The summed E-state index contributed by atoms with van der Waals surface area (Å²) in [5.41, 5.74) is 5.86. The SMILES string of the molecule is CCCSc1ccc2c(c1)NC(NC(=O)NN=Cc1ccc(OS(=O)(=O)c3ccc(C)cc3)cc1)N2. The number of carbonyl (C=O) groups excluding carboxylic acids is 1. The number of benzene rings is 3. The fourth-order valence-corrected chi connectivity index (χ4v) is 5.05. The maximum Gasteiger partial charge on any atom is 0.339 e. The molecule has 1 aliphatic rings. The Bertz CT molecular complexity index is 1340. The van der Waals surface area contributed by atoms with Gasteiger partial charge in [0.25, 0.3) is 0 Å². The number of aryl methyl sites for hydroxylation is 1. The van der Waals surface area contributed by atoms with Gasteiger partial charge in [-0.05, 0) is 79.3 Å². The van der Waals surface area contributed by atoms with Crippen LogP contribution >= 0.6 is 11.8 Å². The lowest BCUT2D eigenvalue weighted by molar-refractivity contribution is 0.240. The van der Waals surface area contributed by atoms with Crippen LogP contribution in [0, 0.1) is 6.92 Å². The topological polar surface area (TPSA) is 121 Å². The Balaban J connectivity index is 1.25. The van der Waals surface area contributed by atoms with Crippen molar-refractivity contribution in [2.24, 2.45) is 5.10 Å². The molecule has 9 nitrogen and oxygen atoms in total. The number of hydrogen-bond acceptors (Lipinski definition) is 8. The summed E-state index contributed by atoms with van der Waals surface area (Å²) in [4.78, 5) is 13.5. The van der Waals surface area contributed by atoms with E-state index in [0.717, 1.165) is 29.1 Å². The van der Waals surface area contributed by atoms with Crippen molar-refractivity contribution in [3.8, 4) is 5.75 Å². The predicted octanol–water partition coefficient (Wildman–Crippen LogP) is 4.72. The number of hydrogen-bond donors (Lipinski definition) is 4. The molecule has 36 heavy (non-hydrogen) atoms. The molecule has 188 valence electrons. The molecule has 0 aliphatic carbocycles. The molecule has 1 unspecified atom stereocenters. The minimum atomic E-state index is -3.92. The van der Waals surface area contributed by atoms with Crippen LogP contribution < -0.4 is 25.6 Å². The molecule has 1 heterocycles. The van der Waals surface area contributed by atoms with E-state index in [1.54, 1.807) is 36.0 Å². The van der Waals surface area contributed by atoms with Crippen LogP contribution in [0.3, 0.4) is 0 Å². The zero-order valence-corrected chi connectivity index (χ0v) is 21.4. The number of nitrogens with zero attached hydrogens (tertiary/aromatic N) is 1. The highest BCUT2D eigenvalue weighted by Gasteiger charge is 2.21. The number of nitrogens with one attached hydrogen (secondary N) is 4. The first-order valence-corrected chi connectivity index (χ1v) is 13.7. The molecule has 11 heteroatoms. The quantitative estimate of drug-likeness (QED) is 0.138. The Morgan fingerprint density at radius 3 is 2.50 bits per heavy atom. The van der Waals surface area contributed by atoms with Crippen LogP contribution in [-0.2, 0) is 10.1 Å². The smallest absolute Gasteiger partial charge is 0.339 e. The van der Waals surface area contributed by atoms with E-state index in [1.807, 2.05) is 13.0 Å². The van der Waals surface area contributed by atoms with Gasteiger partial charge in [0.15, 0.2) is 6.29 Å². The molecule has 0 aromatic heterocycles. The van der Waals surface area contributed by atoms with Crippen LogP contribution in [-0.4, -0.2) is 32.7 Å². The van der Waals surface area contributed by atoms with Crippen molar-refractivity contribution in [3.05, 3.63) is 77.9 Å². The van der Waals surface area contributed by atoms with Crippen molar-refractivity contribution < 1.29 is 17.4 Å². The van der Waals surface area contributed by atoms with Crippen molar-refractivity contribution in [2.75, 3.05) is 16.4 Å². The Morgan fingerprint density at radius 2 is 1.78 bits per heavy atom. The van der Waals surface area contributed by atoms with Crippen molar-refractivity contribution >= 4 is 45.5 Å². The van der Waals surface area contributed by atoms with E-state index in [9.17, 15) is 13.2 Å². The Kier molecular flexibility index (Phi) is 8.01. The minimum Gasteiger partial charge on any atom is -0.379 e. The fourth-order valence-electron chi connectivity index (χ4n) is 3.32. The molecule has 0 bridgehead atoms. The second kappa shape index (κ2) is 11.4. The summed E-state index contributed by atoms with van der Waals surface area (Å²) < 4.78 is 30.0. The molecule has 4 N–H and O–H groups in total. The van der Waals surface area contributed by atoms with Crippen LogP contribution in [0.15, 0.2) is 81.6 Å². The first-order valence-electron chi connectivity index (χ1n) is 11.3. The third-order valence-corrected chi connectivity index (χ3v) is 7.58. The Hall–Kier alpha value is -3.70. The number of hydrazone groups is 1. The van der Waals surface area contributed by atoms with E-state index in [-0.39, 0.29) is 10.6 Å². The number of fused-ring (bicyclic) bond motifs is 1. The number of thioether (sulfide) groups is 1. The fraction of sp³-hybridized carbons (Fsp3) is 0.200. The number of carbonyl (C=O) groups is 1. The lowest BCUT2D eigenvalue weighted by atomic mass is 10.2. The number of anilines is 2. The van der Waals surface area contributed by atoms with Gasteiger partial charge in [-0.25, -0.2) is 10.2 Å². The van der Waals surface area contributed by atoms with Gasteiger partial charge < -0.3 is 14.8 Å². The lowest BCUT2D eigenvalue weighted by Crippen LogP contribution is -2.46. The van der Waals surface area contributed by atoms with Crippen molar-refractivity contribution in [2.45, 2.75) is 36.3 Å². The van der Waals surface area contributed by atoms with Gasteiger partial charge in [-0.1, -0.05) is 24.6 Å². The van der Waals surface area contributed by atoms with Crippen molar-refractivity contribution in [3.63, 3.8) is 0 Å². The van der Waals surface area contributed by atoms with E-state index in [0.29, 0.717) is 5.56 Å². The highest BCUT2D eigenvalue weighted by Crippen LogP contribution is 2.32. The second-order valence-corrected chi connectivity index (χ2v) is 10.8. The highest BCUT2D eigenvalue weighted by atomic mass is 32.2. The number of rotatable bonds is 9. The molecule has 0 saturated carbocycles. The molecule has 1 atom stereocenters. The summed E-state index contributed by atoms with van der Waals surface area (Å²) >= 11 is 1.79. The van der Waals surface area contributed by atoms with Crippen LogP contribution in [0.2, 0.25) is 0 Å². The molecular weight excluding hydrogens is 498 g/mol. The third-order valence-electron chi connectivity index (χ3n) is 5.11. The molecule has 1 aliphatic heterocycles. The summed E-state index contributed by atoms with van der Waals surface area (Å²) in [6.07, 6.45) is 2.08. The average molecular weight is 526 g/mol. The predicted molar refractivity (Wildman–Crippen MR) is 143 cm³/mol. The number of amides is 2. The summed E-state index contributed by atoms with van der Waals surface area (Å²) in [6, 6.07) is 18.3. The van der Waals surface area contributed by atoms with Gasteiger partial charge in [-0.3, -0.25) is 5.32 Å². The van der Waals surface area contributed by atoms with Crippen molar-refractivity contribution in [1.82, 2.24) is 10.7 Å². The van der Waals surface area contributed by atoms with E-state index in [2.05, 4.69) is 45.5 Å². The van der Waals surface area contributed by atoms with Crippen LogP contribution in [0.25, 0.3) is 0 Å². The lowest BCUT2D eigenvalue weighted by Gasteiger charge is -2.13. The molecule has 3 aromatic carbocycles. The van der Waals surface area contributed by atoms with Crippen LogP contribution in [0.5, 0.6) is 5.75 Å². The third kappa shape index (κ3) is 6.70. The first kappa shape index (κ1) is 25.4. The summed E-state index contributed by atoms with van der Waals surface area (Å²) in [5, 5.41) is 13.1. The van der Waals surface area contributed by atoms with E-state index in [4.69, 9.17) is 4.18 Å². The van der Waals surface area contributed by atoms with Crippen LogP contribution in [0.1, 0.15) is 24.5 Å². The number of urea groups is 1. The van der Waals surface area contributed by atoms with Crippen molar-refractivity contribution in [1.29, 1.82) is 0 Å². The minimum absolute atomic E-state index is 0.0825. The van der Waals surface area contributed by atoms with Gasteiger partial charge in [0.05, 0.1) is 17.6 Å². The summed E-state index contributed by atoms with van der Waals surface area (Å²) in [7, 11) is -3.92. The van der Waals surface area contributed by atoms with Gasteiger partial charge in [-0.2, -0.15) is 13.5 Å². The average Bonchev–Trinajstić information content (AvgIpc) is 3.25. The summed E-state index contributed by atoms with van der Waals surface area (Å²) in [6.45, 7) is 4.02. The molecule has 0 radical (unpaired) electrons. The Labute approximate surface area is 214 Å². The Morgan fingerprint density at radius 1 is 1.06 bits per heavy atom. The molecular formula is C25H27N5O4S2. The largest absolute Gasteiger partial charge is 0.379 e. The molecule has 2 amide bonds. The molecule has 0 saturated heterocycles. The second-order valence-electron chi connectivity index (χ2n) is 8.04. The summed E-state index contributed by atoms with van der Waals surface area (Å²) in [5.74, 6) is 1.23. The maximum atomic E-state index is 12.4. The zero-order chi connectivity index (χ0) is 25.5. The van der Waals surface area contributed by atoms with E-state index < -0.39 is 22.4 Å². The normalized spacial score (nSPS) is 14.6. The van der Waals surface area contributed by atoms with E-state index in [1.165, 1.54) is 35.4 Å². The maximum absolute atomic E-state index is 12.4. The zero-order valence-electron chi connectivity index (χ0n) is 19.8.